The largest absolute Gasteiger partial charge is 0.323 e. The van der Waals surface area contributed by atoms with Gasteiger partial charge in [-0.3, -0.25) is 0 Å². The number of amides is 2. The smallest absolute Gasteiger partial charge is 0.308 e. The van der Waals surface area contributed by atoms with E-state index in [1.54, 1.807) is 6.08 Å². The molecule has 0 fully saturated rings. The maximum Gasteiger partial charge on any atom is 0.323 e. The van der Waals surface area contributed by atoms with Crippen LogP contribution in [0.15, 0.2) is 73.3 Å². The molecule has 0 bridgehead atoms. The van der Waals surface area contributed by atoms with Gasteiger partial charge in [-0.1, -0.05) is 61.2 Å². The van der Waals surface area contributed by atoms with E-state index in [0.717, 1.165) is 27.7 Å². The Hall–Kier alpha value is -3.07. The first kappa shape index (κ1) is 13.9. The second-order valence-corrected chi connectivity index (χ2v) is 4.93. The van der Waals surface area contributed by atoms with E-state index in [-0.39, 0.29) is 6.03 Å². The van der Waals surface area contributed by atoms with Gasteiger partial charge in [-0.2, -0.15) is 0 Å². The summed E-state index contributed by atoms with van der Waals surface area (Å²) in [5.74, 6) is 0. The number of fused-ring (bicyclic) bond motifs is 1. The quantitative estimate of drug-likeness (QED) is 0.689. The van der Waals surface area contributed by atoms with Gasteiger partial charge in [0.2, 0.25) is 0 Å². The average Bonchev–Trinajstić information content (AvgIpc) is 2.56. The molecule has 2 N–H and O–H groups in total. The Balaban J connectivity index is 1.76. The minimum atomic E-state index is -0.261. The standard InChI is InChI=1S/C19H16N2O/c1-2-14-10-12-16(13-11-14)20-19(22)21-18-9-5-7-15-6-3-4-8-17(15)18/h2-13H,1H2,(H2,20,21,22). The molecule has 0 radical (unpaired) electrons. The van der Waals surface area contributed by atoms with E-state index in [2.05, 4.69) is 17.2 Å². The van der Waals surface area contributed by atoms with Crippen molar-refractivity contribution in [3.05, 3.63) is 78.9 Å². The Kier molecular flexibility index (Phi) is 3.88. The van der Waals surface area contributed by atoms with Gasteiger partial charge in [0, 0.05) is 11.1 Å². The zero-order valence-electron chi connectivity index (χ0n) is 12.0. The second kappa shape index (κ2) is 6.14. The molecule has 0 saturated heterocycles. The highest BCUT2D eigenvalue weighted by Crippen LogP contribution is 2.23. The third kappa shape index (κ3) is 2.99. The van der Waals surface area contributed by atoms with Crippen LogP contribution in [0, 0.1) is 0 Å². The average molecular weight is 288 g/mol. The van der Waals surface area contributed by atoms with Crippen LogP contribution in [0.25, 0.3) is 16.8 Å². The highest BCUT2D eigenvalue weighted by molar-refractivity contribution is 6.06. The SMILES string of the molecule is C=Cc1ccc(NC(=O)Nc2cccc3ccccc23)cc1. The zero-order valence-corrected chi connectivity index (χ0v) is 12.0. The summed E-state index contributed by atoms with van der Waals surface area (Å²) in [6.07, 6.45) is 1.76. The van der Waals surface area contributed by atoms with Crippen molar-refractivity contribution in [3.63, 3.8) is 0 Å². The summed E-state index contributed by atoms with van der Waals surface area (Å²) < 4.78 is 0. The van der Waals surface area contributed by atoms with E-state index in [0.29, 0.717) is 0 Å². The summed E-state index contributed by atoms with van der Waals surface area (Å²) in [5, 5.41) is 7.82. The molecule has 3 heteroatoms. The van der Waals surface area contributed by atoms with E-state index >= 15 is 0 Å². The Morgan fingerprint density at radius 2 is 1.59 bits per heavy atom. The number of carbonyl (C=O) groups excluding carboxylic acids is 1. The number of benzene rings is 3. The first-order valence-corrected chi connectivity index (χ1v) is 7.04. The minimum absolute atomic E-state index is 0.261. The second-order valence-electron chi connectivity index (χ2n) is 4.93. The van der Waals surface area contributed by atoms with Gasteiger partial charge in [0.25, 0.3) is 0 Å². The summed E-state index contributed by atoms with van der Waals surface area (Å²) in [6, 6.07) is 21.0. The summed E-state index contributed by atoms with van der Waals surface area (Å²) in [6.45, 7) is 3.71. The fourth-order valence-electron chi connectivity index (χ4n) is 2.32. The van der Waals surface area contributed by atoms with Gasteiger partial charge in [0.05, 0.1) is 5.69 Å². The summed E-state index contributed by atoms with van der Waals surface area (Å²) >= 11 is 0. The molecule has 0 aromatic heterocycles. The van der Waals surface area contributed by atoms with Gasteiger partial charge in [0.15, 0.2) is 0 Å². The number of urea groups is 1. The van der Waals surface area contributed by atoms with E-state index in [1.165, 1.54) is 0 Å². The van der Waals surface area contributed by atoms with Crippen molar-refractivity contribution in [1.29, 1.82) is 0 Å². The third-order valence-corrected chi connectivity index (χ3v) is 3.44. The van der Waals surface area contributed by atoms with Crippen LogP contribution in [0.4, 0.5) is 16.2 Å². The van der Waals surface area contributed by atoms with E-state index in [1.807, 2.05) is 66.7 Å². The molecule has 0 saturated carbocycles. The predicted octanol–water partition coefficient (Wildman–Crippen LogP) is 5.13. The maximum absolute atomic E-state index is 12.1. The lowest BCUT2D eigenvalue weighted by molar-refractivity contribution is 0.262. The van der Waals surface area contributed by atoms with Crippen molar-refractivity contribution in [2.45, 2.75) is 0 Å². The van der Waals surface area contributed by atoms with Gasteiger partial charge in [-0.25, -0.2) is 4.79 Å². The number of hydrogen-bond acceptors (Lipinski definition) is 1. The normalized spacial score (nSPS) is 10.2. The van der Waals surface area contributed by atoms with Gasteiger partial charge in [-0.15, -0.1) is 0 Å². The molecule has 0 spiro atoms. The van der Waals surface area contributed by atoms with Crippen molar-refractivity contribution in [1.82, 2.24) is 0 Å². The Morgan fingerprint density at radius 3 is 2.36 bits per heavy atom. The fourth-order valence-corrected chi connectivity index (χ4v) is 2.32. The highest BCUT2D eigenvalue weighted by Gasteiger charge is 2.05. The molecular formula is C19H16N2O. The monoisotopic (exact) mass is 288 g/mol. The molecule has 0 aliphatic rings. The first-order chi connectivity index (χ1) is 10.8. The highest BCUT2D eigenvalue weighted by atomic mass is 16.2. The molecule has 0 aliphatic heterocycles. The van der Waals surface area contributed by atoms with Crippen LogP contribution < -0.4 is 10.6 Å². The molecule has 3 nitrogen and oxygen atoms in total. The summed E-state index contributed by atoms with van der Waals surface area (Å²) in [4.78, 5) is 12.1. The third-order valence-electron chi connectivity index (χ3n) is 3.44. The fraction of sp³-hybridized carbons (Fsp3) is 0. The maximum atomic E-state index is 12.1. The van der Waals surface area contributed by atoms with Crippen molar-refractivity contribution < 1.29 is 4.79 Å². The minimum Gasteiger partial charge on any atom is -0.308 e. The summed E-state index contributed by atoms with van der Waals surface area (Å²) in [5.41, 5.74) is 2.54. The molecule has 0 atom stereocenters. The number of carbonyl (C=O) groups is 1. The Labute approximate surface area is 129 Å². The molecule has 0 heterocycles. The Morgan fingerprint density at radius 1 is 0.864 bits per heavy atom. The zero-order chi connectivity index (χ0) is 15.4. The van der Waals surface area contributed by atoms with Crippen LogP contribution in [0.5, 0.6) is 0 Å². The van der Waals surface area contributed by atoms with Gasteiger partial charge in [0.1, 0.15) is 0 Å². The lowest BCUT2D eigenvalue weighted by Crippen LogP contribution is -2.19. The van der Waals surface area contributed by atoms with Crippen LogP contribution in [-0.4, -0.2) is 6.03 Å². The number of anilines is 2. The van der Waals surface area contributed by atoms with Crippen LogP contribution in [0.3, 0.4) is 0 Å². The van der Waals surface area contributed by atoms with Crippen molar-refractivity contribution in [2.24, 2.45) is 0 Å². The molecule has 0 unspecified atom stereocenters. The summed E-state index contributed by atoms with van der Waals surface area (Å²) in [7, 11) is 0. The number of nitrogens with one attached hydrogen (secondary N) is 2. The van der Waals surface area contributed by atoms with Crippen molar-refractivity contribution >= 4 is 34.3 Å². The van der Waals surface area contributed by atoms with E-state index in [9.17, 15) is 4.79 Å². The topological polar surface area (TPSA) is 41.1 Å². The van der Waals surface area contributed by atoms with Crippen LogP contribution in [0.2, 0.25) is 0 Å². The molecular weight excluding hydrogens is 272 g/mol. The Bertz CT molecular complexity index is 817. The lowest BCUT2D eigenvalue weighted by atomic mass is 10.1. The molecule has 108 valence electrons. The van der Waals surface area contributed by atoms with Crippen LogP contribution in [-0.2, 0) is 0 Å². The van der Waals surface area contributed by atoms with Crippen molar-refractivity contribution in [2.75, 3.05) is 10.6 Å². The first-order valence-electron chi connectivity index (χ1n) is 7.04. The molecule has 3 aromatic rings. The predicted molar refractivity (Wildman–Crippen MR) is 93.1 cm³/mol. The lowest BCUT2D eigenvalue weighted by Gasteiger charge is -2.10. The molecule has 0 aliphatic carbocycles. The van der Waals surface area contributed by atoms with Crippen LogP contribution >= 0.6 is 0 Å². The molecule has 22 heavy (non-hydrogen) atoms. The van der Waals surface area contributed by atoms with E-state index < -0.39 is 0 Å². The molecule has 2 amide bonds. The van der Waals surface area contributed by atoms with Crippen LogP contribution in [0.1, 0.15) is 5.56 Å². The number of hydrogen-bond donors (Lipinski definition) is 2. The van der Waals surface area contributed by atoms with Gasteiger partial charge < -0.3 is 10.6 Å². The van der Waals surface area contributed by atoms with E-state index in [4.69, 9.17) is 0 Å². The molecule has 3 aromatic carbocycles. The number of rotatable bonds is 3. The van der Waals surface area contributed by atoms with Gasteiger partial charge in [-0.05, 0) is 29.1 Å². The molecule has 3 rings (SSSR count). The van der Waals surface area contributed by atoms with Gasteiger partial charge >= 0.3 is 6.03 Å². The van der Waals surface area contributed by atoms with Crippen molar-refractivity contribution in [3.8, 4) is 0 Å².